The molecule has 2 saturated heterocycles. The van der Waals surface area contributed by atoms with Gasteiger partial charge in [-0.25, -0.2) is 0 Å². The number of rotatable bonds is 2. The molecule has 18 heavy (non-hydrogen) atoms. The Kier molecular flexibility index (Phi) is 3.41. The van der Waals surface area contributed by atoms with Crippen molar-refractivity contribution in [3.63, 3.8) is 0 Å². The van der Waals surface area contributed by atoms with Gasteiger partial charge in [0.25, 0.3) is 0 Å². The monoisotopic (exact) mass is 272 g/mol. The number of hydrogen-bond donors (Lipinski definition) is 1. The Bertz CT molecular complexity index is 401. The molecule has 6 heteroatoms. The molecule has 2 heterocycles. The van der Waals surface area contributed by atoms with Crippen LogP contribution in [-0.2, 0) is 18.9 Å². The van der Waals surface area contributed by atoms with Gasteiger partial charge in [-0.05, 0) is 12.1 Å². The molecule has 1 aromatic rings. The van der Waals surface area contributed by atoms with E-state index in [4.69, 9.17) is 30.5 Å². The number of ether oxygens (including phenoxy) is 4. The SMILES string of the molecule is Oc1c(C2OCCO2)cc(Cl)cc1C1OCCO1. The van der Waals surface area contributed by atoms with Crippen molar-refractivity contribution in [3.05, 3.63) is 28.3 Å². The molecule has 0 aliphatic carbocycles. The van der Waals surface area contributed by atoms with Crippen LogP contribution in [0.3, 0.4) is 0 Å². The molecule has 0 unspecified atom stereocenters. The number of halogens is 1. The van der Waals surface area contributed by atoms with E-state index < -0.39 is 12.6 Å². The van der Waals surface area contributed by atoms with Gasteiger partial charge in [0.15, 0.2) is 12.6 Å². The fourth-order valence-electron chi connectivity index (χ4n) is 2.08. The quantitative estimate of drug-likeness (QED) is 0.894. The molecule has 0 bridgehead atoms. The molecular formula is C12H13ClO5. The summed E-state index contributed by atoms with van der Waals surface area (Å²) >= 11 is 6.05. The van der Waals surface area contributed by atoms with Crippen molar-refractivity contribution in [3.8, 4) is 5.75 Å². The van der Waals surface area contributed by atoms with E-state index in [1.165, 1.54) is 0 Å². The molecule has 1 N–H and O–H groups in total. The summed E-state index contributed by atoms with van der Waals surface area (Å²) in [5.41, 5.74) is 1.02. The highest BCUT2D eigenvalue weighted by atomic mass is 35.5. The van der Waals surface area contributed by atoms with E-state index in [9.17, 15) is 5.11 Å². The summed E-state index contributed by atoms with van der Waals surface area (Å²) in [6, 6.07) is 3.26. The number of phenolic OH excluding ortho intramolecular Hbond substituents is 1. The Hall–Kier alpha value is -0.850. The zero-order valence-electron chi connectivity index (χ0n) is 9.60. The van der Waals surface area contributed by atoms with Gasteiger partial charge in [-0.2, -0.15) is 0 Å². The standard InChI is InChI=1S/C12H13ClO5/c13-7-5-8(11-15-1-2-16-11)10(14)9(6-7)12-17-3-4-18-12/h5-6,11-12,14H,1-4H2. The molecule has 0 aromatic heterocycles. The lowest BCUT2D eigenvalue weighted by Gasteiger charge is -2.17. The summed E-state index contributed by atoms with van der Waals surface area (Å²) in [6.45, 7) is 2.01. The van der Waals surface area contributed by atoms with Crippen molar-refractivity contribution in [2.45, 2.75) is 12.6 Å². The van der Waals surface area contributed by atoms with Crippen LogP contribution in [0.25, 0.3) is 0 Å². The molecule has 1 aromatic carbocycles. The van der Waals surface area contributed by atoms with Crippen LogP contribution in [0.2, 0.25) is 5.02 Å². The van der Waals surface area contributed by atoms with Crippen molar-refractivity contribution in [2.75, 3.05) is 26.4 Å². The second-order valence-corrected chi connectivity index (χ2v) is 4.52. The van der Waals surface area contributed by atoms with E-state index in [-0.39, 0.29) is 5.75 Å². The minimum absolute atomic E-state index is 0.0539. The molecule has 2 fully saturated rings. The first-order valence-electron chi connectivity index (χ1n) is 5.74. The van der Waals surface area contributed by atoms with Crippen LogP contribution in [0, 0.1) is 0 Å². The first-order chi connectivity index (χ1) is 8.75. The first kappa shape index (κ1) is 12.2. The lowest BCUT2D eigenvalue weighted by Crippen LogP contribution is -2.04. The Morgan fingerprint density at radius 2 is 1.28 bits per heavy atom. The van der Waals surface area contributed by atoms with Gasteiger partial charge in [0.05, 0.1) is 37.6 Å². The fourth-order valence-corrected chi connectivity index (χ4v) is 2.31. The van der Waals surface area contributed by atoms with Gasteiger partial charge in [-0.3, -0.25) is 0 Å². The molecule has 98 valence electrons. The predicted molar refractivity (Wildman–Crippen MR) is 62.4 cm³/mol. The summed E-state index contributed by atoms with van der Waals surface area (Å²) < 4.78 is 21.5. The van der Waals surface area contributed by atoms with Crippen molar-refractivity contribution >= 4 is 11.6 Å². The molecule has 3 rings (SSSR count). The van der Waals surface area contributed by atoms with E-state index in [0.717, 1.165) is 0 Å². The van der Waals surface area contributed by atoms with E-state index in [0.29, 0.717) is 42.6 Å². The van der Waals surface area contributed by atoms with Crippen molar-refractivity contribution in [1.82, 2.24) is 0 Å². The van der Waals surface area contributed by atoms with E-state index >= 15 is 0 Å². The van der Waals surface area contributed by atoms with Gasteiger partial charge < -0.3 is 24.1 Å². The van der Waals surface area contributed by atoms with Crippen LogP contribution >= 0.6 is 11.6 Å². The second-order valence-electron chi connectivity index (χ2n) is 4.08. The van der Waals surface area contributed by atoms with Gasteiger partial charge in [0, 0.05) is 5.02 Å². The van der Waals surface area contributed by atoms with E-state index in [1.807, 2.05) is 0 Å². The molecule has 0 spiro atoms. The van der Waals surface area contributed by atoms with Crippen LogP contribution in [0.1, 0.15) is 23.7 Å². The smallest absolute Gasteiger partial charge is 0.187 e. The summed E-state index contributed by atoms with van der Waals surface area (Å²) in [7, 11) is 0. The molecule has 0 atom stereocenters. The topological polar surface area (TPSA) is 57.2 Å². The lowest BCUT2D eigenvalue weighted by atomic mass is 10.1. The van der Waals surface area contributed by atoms with Gasteiger partial charge in [0.1, 0.15) is 5.75 Å². The predicted octanol–water partition coefficient (Wildman–Crippen LogP) is 2.14. The van der Waals surface area contributed by atoms with Crippen LogP contribution in [0.5, 0.6) is 5.75 Å². The third-order valence-corrected chi connectivity index (χ3v) is 3.10. The lowest BCUT2D eigenvalue weighted by molar-refractivity contribution is -0.0518. The van der Waals surface area contributed by atoms with Crippen LogP contribution in [0.15, 0.2) is 12.1 Å². The maximum Gasteiger partial charge on any atom is 0.187 e. The normalized spacial score (nSPS) is 21.8. The minimum Gasteiger partial charge on any atom is -0.507 e. The van der Waals surface area contributed by atoms with Crippen LogP contribution < -0.4 is 0 Å². The van der Waals surface area contributed by atoms with Gasteiger partial charge in [-0.1, -0.05) is 11.6 Å². The van der Waals surface area contributed by atoms with Gasteiger partial charge >= 0.3 is 0 Å². The number of phenols is 1. The Labute approximate surface area is 109 Å². The average molecular weight is 273 g/mol. The van der Waals surface area contributed by atoms with E-state index in [1.54, 1.807) is 12.1 Å². The average Bonchev–Trinajstić information content (AvgIpc) is 3.02. The Morgan fingerprint density at radius 3 is 1.67 bits per heavy atom. The first-order valence-corrected chi connectivity index (χ1v) is 6.12. The largest absolute Gasteiger partial charge is 0.507 e. The van der Waals surface area contributed by atoms with Gasteiger partial charge in [0.2, 0.25) is 0 Å². The van der Waals surface area contributed by atoms with Gasteiger partial charge in [-0.15, -0.1) is 0 Å². The highest BCUT2D eigenvalue weighted by molar-refractivity contribution is 6.30. The van der Waals surface area contributed by atoms with Crippen molar-refractivity contribution < 1.29 is 24.1 Å². The Balaban J connectivity index is 1.98. The zero-order valence-corrected chi connectivity index (χ0v) is 10.4. The zero-order chi connectivity index (χ0) is 12.5. The van der Waals surface area contributed by atoms with Crippen LogP contribution in [-0.4, -0.2) is 31.5 Å². The maximum atomic E-state index is 10.3. The number of benzene rings is 1. The third-order valence-electron chi connectivity index (χ3n) is 2.89. The van der Waals surface area contributed by atoms with E-state index in [2.05, 4.69) is 0 Å². The highest BCUT2D eigenvalue weighted by Gasteiger charge is 2.28. The summed E-state index contributed by atoms with van der Waals surface area (Å²) in [5, 5.41) is 10.7. The molecule has 2 aliphatic rings. The molecule has 5 nitrogen and oxygen atoms in total. The fraction of sp³-hybridized carbons (Fsp3) is 0.500. The second kappa shape index (κ2) is 5.03. The number of aromatic hydroxyl groups is 1. The molecule has 0 saturated carbocycles. The van der Waals surface area contributed by atoms with Crippen molar-refractivity contribution in [2.24, 2.45) is 0 Å². The molecule has 0 amide bonds. The molecule has 0 radical (unpaired) electrons. The Morgan fingerprint density at radius 1 is 0.889 bits per heavy atom. The maximum absolute atomic E-state index is 10.3. The summed E-state index contributed by atoms with van der Waals surface area (Å²) in [5.74, 6) is 0.0539. The summed E-state index contributed by atoms with van der Waals surface area (Å²) in [4.78, 5) is 0. The molecular weight excluding hydrogens is 260 g/mol. The third kappa shape index (κ3) is 2.20. The minimum atomic E-state index is -0.580. The van der Waals surface area contributed by atoms with Crippen molar-refractivity contribution in [1.29, 1.82) is 0 Å². The van der Waals surface area contributed by atoms with Crippen LogP contribution in [0.4, 0.5) is 0 Å². The summed E-state index contributed by atoms with van der Waals surface area (Å²) in [6.07, 6.45) is -1.16. The molecule has 2 aliphatic heterocycles. The highest BCUT2D eigenvalue weighted by Crippen LogP contribution is 2.40. The number of hydrogen-bond acceptors (Lipinski definition) is 5.